The summed E-state index contributed by atoms with van der Waals surface area (Å²) in [5.41, 5.74) is 4.88. The van der Waals surface area contributed by atoms with E-state index in [1.54, 1.807) is 33.6 Å². The summed E-state index contributed by atoms with van der Waals surface area (Å²) in [6.45, 7) is 12.5. The lowest BCUT2D eigenvalue weighted by Crippen LogP contribution is -2.43. The zero-order valence-corrected chi connectivity index (χ0v) is 38.9. The van der Waals surface area contributed by atoms with Crippen LogP contribution in [0, 0.1) is 21.7 Å². The third-order valence-electron chi connectivity index (χ3n) is 13.3. The molecule has 4 atom stereocenters. The van der Waals surface area contributed by atoms with Crippen LogP contribution in [0.2, 0.25) is 0 Å². The van der Waals surface area contributed by atoms with Gasteiger partial charge in [-0.05, 0) is 70.9 Å². The highest BCUT2D eigenvalue weighted by atomic mass is 16.5. The molecule has 340 valence electrons. The minimum Gasteiger partial charge on any atom is -0.496 e. The maximum atomic E-state index is 14.2. The molecule has 2 saturated carbocycles. The average Bonchev–Trinajstić information content (AvgIpc) is 4.19. The second-order valence-corrected chi connectivity index (χ2v) is 19.9. The second kappa shape index (κ2) is 17.6. The number of amides is 2. The van der Waals surface area contributed by atoms with E-state index >= 15 is 0 Å². The number of rotatable bonds is 16. The SMILES string of the molecule is COc1ccccc1C(O)C1(C(=O)N[C@H](c2ncc(-c3ccc(-c4ccc(-c5cnc([C@@H](NC(=O)C6(C(OC)c7ccccc7OC)CC6)C(C)(C)C)[nH]5)cc4)cc3)[nH]2)C(C)(C)C)CC1. The average molecular weight is 879 g/mol. The molecule has 2 amide bonds. The molecule has 0 bridgehead atoms. The van der Waals surface area contributed by atoms with Gasteiger partial charge >= 0.3 is 0 Å². The van der Waals surface area contributed by atoms with Gasteiger partial charge in [0.15, 0.2) is 0 Å². The molecule has 4 aromatic carbocycles. The number of benzene rings is 4. The van der Waals surface area contributed by atoms with Gasteiger partial charge in [-0.1, -0.05) is 126 Å². The van der Waals surface area contributed by atoms with E-state index in [2.05, 4.69) is 111 Å². The lowest BCUT2D eigenvalue weighted by molar-refractivity contribution is -0.134. The monoisotopic (exact) mass is 878 g/mol. The number of aliphatic hydroxyl groups excluding tert-OH is 1. The van der Waals surface area contributed by atoms with Crippen LogP contribution in [-0.4, -0.2) is 58.2 Å². The fourth-order valence-electron chi connectivity index (χ4n) is 9.11. The van der Waals surface area contributed by atoms with E-state index < -0.39 is 29.1 Å². The Balaban J connectivity index is 0.938. The highest BCUT2D eigenvalue weighted by Gasteiger charge is 2.59. The van der Waals surface area contributed by atoms with Gasteiger partial charge in [-0.25, -0.2) is 9.97 Å². The van der Waals surface area contributed by atoms with Crippen molar-refractivity contribution in [2.75, 3.05) is 21.3 Å². The van der Waals surface area contributed by atoms with Crippen LogP contribution in [0.1, 0.15) is 114 Å². The Hall–Kier alpha value is -6.24. The van der Waals surface area contributed by atoms with Crippen LogP contribution in [0.5, 0.6) is 11.5 Å². The van der Waals surface area contributed by atoms with Crippen molar-refractivity contribution in [2.24, 2.45) is 21.7 Å². The second-order valence-electron chi connectivity index (χ2n) is 19.9. The highest BCUT2D eigenvalue weighted by Crippen LogP contribution is 2.59. The summed E-state index contributed by atoms with van der Waals surface area (Å²) >= 11 is 0. The number of ether oxygens (including phenoxy) is 3. The summed E-state index contributed by atoms with van der Waals surface area (Å²) in [5, 5.41) is 18.1. The quantitative estimate of drug-likeness (QED) is 0.0642. The molecule has 12 heteroatoms. The summed E-state index contributed by atoms with van der Waals surface area (Å²) in [4.78, 5) is 44.7. The predicted molar refractivity (Wildman–Crippen MR) is 252 cm³/mol. The molecule has 2 aliphatic rings. The zero-order chi connectivity index (χ0) is 46.3. The van der Waals surface area contributed by atoms with Gasteiger partial charge in [0, 0.05) is 18.2 Å². The van der Waals surface area contributed by atoms with Crippen molar-refractivity contribution < 1.29 is 28.9 Å². The molecule has 2 heterocycles. The molecule has 8 rings (SSSR count). The Morgan fingerprint density at radius 2 is 0.969 bits per heavy atom. The Morgan fingerprint density at radius 1 is 0.585 bits per heavy atom. The van der Waals surface area contributed by atoms with Crippen LogP contribution in [-0.2, 0) is 14.3 Å². The van der Waals surface area contributed by atoms with Crippen molar-refractivity contribution in [2.45, 2.75) is 91.5 Å². The Kier molecular flexibility index (Phi) is 12.3. The summed E-state index contributed by atoms with van der Waals surface area (Å²) in [6.07, 6.45) is 4.79. The van der Waals surface area contributed by atoms with Crippen LogP contribution < -0.4 is 20.1 Å². The summed E-state index contributed by atoms with van der Waals surface area (Å²) in [7, 11) is 4.86. The topological polar surface area (TPSA) is 163 Å². The van der Waals surface area contributed by atoms with E-state index in [1.165, 1.54) is 0 Å². The number of carbonyl (C=O) groups is 2. The maximum Gasteiger partial charge on any atom is 0.229 e. The Bertz CT molecular complexity index is 2630. The fraction of sp³-hybridized carbons (Fsp3) is 0.396. The van der Waals surface area contributed by atoms with Crippen molar-refractivity contribution in [3.05, 3.63) is 132 Å². The molecule has 65 heavy (non-hydrogen) atoms. The number of hydrogen-bond donors (Lipinski definition) is 5. The van der Waals surface area contributed by atoms with Crippen LogP contribution in [0.4, 0.5) is 0 Å². The summed E-state index contributed by atoms with van der Waals surface area (Å²) in [6, 6.07) is 30.9. The summed E-state index contributed by atoms with van der Waals surface area (Å²) < 4.78 is 17.1. The largest absolute Gasteiger partial charge is 0.496 e. The number of nitrogens with one attached hydrogen (secondary N) is 4. The molecule has 5 N–H and O–H groups in total. The highest BCUT2D eigenvalue weighted by molar-refractivity contribution is 5.87. The van der Waals surface area contributed by atoms with E-state index in [4.69, 9.17) is 24.2 Å². The number of methoxy groups -OCH3 is 3. The molecule has 2 unspecified atom stereocenters. The van der Waals surface area contributed by atoms with Gasteiger partial charge in [-0.2, -0.15) is 0 Å². The standard InChI is InChI=1S/C53H62N6O6/c1-50(2,3)42(58-48(61)52(26-27-52)44(60)36-14-10-12-16-40(36)63-7)46-54-30-38(56-46)34-22-18-32(19-23-34)33-20-24-35(25-21-33)39-31-55-47(57-39)43(51(4,5)6)59-49(62)53(28-29-53)45(65-9)37-15-11-13-17-41(37)64-8/h10-25,30-31,42-45,60H,26-29H2,1-9H3,(H,54,56)(H,55,57)(H,58,61)(H,59,62)/t42-,43-,44?,45?/m1/s1. The number of carbonyl (C=O) groups excluding carboxylic acids is 2. The number of aromatic amines is 2. The van der Waals surface area contributed by atoms with Crippen molar-refractivity contribution >= 4 is 11.8 Å². The van der Waals surface area contributed by atoms with Gasteiger partial charge in [0.05, 0.1) is 67.0 Å². The van der Waals surface area contributed by atoms with Crippen molar-refractivity contribution in [1.29, 1.82) is 0 Å². The first-order valence-corrected chi connectivity index (χ1v) is 22.4. The number of nitrogens with zero attached hydrogens (tertiary/aromatic N) is 2. The van der Waals surface area contributed by atoms with Gasteiger partial charge in [0.1, 0.15) is 29.3 Å². The molecule has 2 aliphatic carbocycles. The third-order valence-corrected chi connectivity index (χ3v) is 13.3. The molecule has 2 fully saturated rings. The van der Waals surface area contributed by atoms with Crippen molar-refractivity contribution in [3.8, 4) is 45.1 Å². The number of hydrogen-bond acceptors (Lipinski definition) is 8. The lowest BCUT2D eigenvalue weighted by atomic mass is 9.84. The molecule has 12 nitrogen and oxygen atoms in total. The molecule has 2 aromatic heterocycles. The maximum absolute atomic E-state index is 14.2. The number of para-hydroxylation sites is 2. The Morgan fingerprint density at radius 3 is 1.37 bits per heavy atom. The first-order valence-electron chi connectivity index (χ1n) is 22.4. The first kappa shape index (κ1) is 45.3. The molecule has 0 radical (unpaired) electrons. The first-order chi connectivity index (χ1) is 31.0. The van der Waals surface area contributed by atoms with E-state index in [1.807, 2.05) is 48.7 Å². The minimum atomic E-state index is -0.992. The van der Waals surface area contributed by atoms with Crippen LogP contribution in [0.25, 0.3) is 33.6 Å². The third kappa shape index (κ3) is 8.94. The van der Waals surface area contributed by atoms with Crippen LogP contribution in [0.15, 0.2) is 109 Å². The number of aromatic nitrogens is 4. The summed E-state index contributed by atoms with van der Waals surface area (Å²) in [5.74, 6) is 2.35. The Labute approximate surface area is 382 Å². The molecule has 0 spiro atoms. The molecular weight excluding hydrogens is 817 g/mol. The van der Waals surface area contributed by atoms with Gasteiger partial charge < -0.3 is 39.9 Å². The van der Waals surface area contributed by atoms with Crippen LogP contribution >= 0.6 is 0 Å². The number of aliphatic hydroxyl groups is 1. The van der Waals surface area contributed by atoms with Crippen LogP contribution in [0.3, 0.4) is 0 Å². The minimum absolute atomic E-state index is 0.0565. The molecule has 0 saturated heterocycles. The zero-order valence-electron chi connectivity index (χ0n) is 38.9. The normalized spacial score (nSPS) is 17.0. The van der Waals surface area contributed by atoms with E-state index in [0.29, 0.717) is 54.4 Å². The number of imidazole rings is 2. The van der Waals surface area contributed by atoms with Gasteiger partial charge in [0.25, 0.3) is 0 Å². The van der Waals surface area contributed by atoms with Crippen molar-refractivity contribution in [1.82, 2.24) is 30.6 Å². The molecular formula is C53H62N6O6. The van der Waals surface area contributed by atoms with E-state index in [0.717, 1.165) is 39.2 Å². The van der Waals surface area contributed by atoms with Gasteiger partial charge in [0.2, 0.25) is 11.8 Å². The fourth-order valence-corrected chi connectivity index (χ4v) is 9.11. The lowest BCUT2D eigenvalue weighted by Gasteiger charge is -2.33. The smallest absolute Gasteiger partial charge is 0.229 e. The van der Waals surface area contributed by atoms with Gasteiger partial charge in [-0.3, -0.25) is 9.59 Å². The van der Waals surface area contributed by atoms with E-state index in [-0.39, 0.29) is 28.7 Å². The molecule has 6 aromatic rings. The van der Waals surface area contributed by atoms with Gasteiger partial charge in [-0.15, -0.1) is 0 Å². The van der Waals surface area contributed by atoms with Crippen molar-refractivity contribution in [3.63, 3.8) is 0 Å². The van der Waals surface area contributed by atoms with E-state index in [9.17, 15) is 14.7 Å². The predicted octanol–water partition coefficient (Wildman–Crippen LogP) is 10.2. The molecule has 0 aliphatic heterocycles. The number of H-pyrrole nitrogens is 2.